The number of nitrogen functional groups attached to an aromatic ring is 1. The summed E-state index contributed by atoms with van der Waals surface area (Å²) in [6, 6.07) is 16.6. The number of nitrogens with two attached hydrogens (primary N) is 1. The van der Waals surface area contributed by atoms with Crippen LogP contribution in [0.5, 0.6) is 0 Å². The number of aromatic nitrogens is 3. The van der Waals surface area contributed by atoms with Crippen molar-refractivity contribution in [1.82, 2.24) is 20.4 Å². The van der Waals surface area contributed by atoms with Crippen molar-refractivity contribution in [2.75, 3.05) is 18.9 Å². The van der Waals surface area contributed by atoms with Gasteiger partial charge in [0.05, 0.1) is 28.1 Å². The van der Waals surface area contributed by atoms with Gasteiger partial charge in [-0.2, -0.15) is 0 Å². The molecule has 318 valence electrons. The highest BCUT2D eigenvalue weighted by atomic mass is 32.2. The van der Waals surface area contributed by atoms with Crippen molar-refractivity contribution >= 4 is 15.7 Å². The number of benzene rings is 2. The zero-order valence-corrected chi connectivity index (χ0v) is 35.9. The van der Waals surface area contributed by atoms with Gasteiger partial charge in [-0.15, -0.1) is 0 Å². The number of rotatable bonds is 14. The summed E-state index contributed by atoms with van der Waals surface area (Å²) < 4.78 is 66.1. The van der Waals surface area contributed by atoms with E-state index in [4.69, 9.17) is 15.0 Å². The molecule has 59 heavy (non-hydrogen) atoms. The standard InChI is InChI=1S/C47H61F2N5O4S/c1-30(2)59(55,56)35-15-12-33(13-16-35)40-29-52-44(50)43(53-40)41-26-39(54-58-41)32-10-8-31(9-11-32)28-51-24-6-5-7-25-57-42-19-18-37-36-17-14-34-27-47(48,49)23-22-45(34,3)38(36)20-21-46(37,42)4/h8-13,15-16,26,29-30,34,36-38,42,51H,5-7,14,17-25,27-28H2,1-4H3,(H2,50,52)/t34-,36-,37-,38-,42-,45-,46-/m0/s1. The molecule has 7 atom stereocenters. The Balaban J connectivity index is 0.762. The molecule has 0 unspecified atom stereocenters. The fourth-order valence-corrected chi connectivity index (χ4v) is 12.6. The minimum atomic E-state index is -3.38. The first-order valence-electron chi connectivity index (χ1n) is 21.9. The van der Waals surface area contributed by atoms with Crippen LogP contribution in [-0.2, 0) is 21.1 Å². The number of sulfone groups is 1. The van der Waals surface area contributed by atoms with Gasteiger partial charge >= 0.3 is 0 Å². The second kappa shape index (κ2) is 16.6. The molecular weight excluding hydrogens is 769 g/mol. The van der Waals surface area contributed by atoms with E-state index >= 15 is 0 Å². The third-order valence-electron chi connectivity index (χ3n) is 15.1. The predicted molar refractivity (Wildman–Crippen MR) is 227 cm³/mol. The van der Waals surface area contributed by atoms with Crippen LogP contribution in [-0.4, -0.2) is 54.0 Å². The number of fused-ring (bicyclic) bond motifs is 5. The van der Waals surface area contributed by atoms with Crippen molar-refractivity contribution in [2.24, 2.45) is 34.5 Å². The first-order valence-corrected chi connectivity index (χ1v) is 23.5. The Morgan fingerprint density at radius 2 is 1.61 bits per heavy atom. The lowest BCUT2D eigenvalue weighted by Gasteiger charge is -2.61. The summed E-state index contributed by atoms with van der Waals surface area (Å²) in [6.45, 7) is 10.7. The molecule has 9 nitrogen and oxygen atoms in total. The van der Waals surface area contributed by atoms with Gasteiger partial charge in [0.15, 0.2) is 27.1 Å². The number of halogens is 2. The zero-order valence-electron chi connectivity index (χ0n) is 35.1. The summed E-state index contributed by atoms with van der Waals surface area (Å²) in [5.74, 6) is 0.273. The second-order valence-corrected chi connectivity index (χ2v) is 21.3. The maximum Gasteiger partial charge on any atom is 0.248 e. The van der Waals surface area contributed by atoms with Crippen LogP contribution in [0.15, 0.2) is 70.2 Å². The van der Waals surface area contributed by atoms with Gasteiger partial charge in [-0.1, -0.05) is 55.4 Å². The summed E-state index contributed by atoms with van der Waals surface area (Å²) in [4.78, 5) is 9.27. The van der Waals surface area contributed by atoms with Crippen LogP contribution < -0.4 is 11.1 Å². The van der Waals surface area contributed by atoms with Gasteiger partial charge in [-0.25, -0.2) is 27.2 Å². The van der Waals surface area contributed by atoms with Crippen LogP contribution in [0.4, 0.5) is 14.6 Å². The molecule has 2 aromatic heterocycles. The van der Waals surface area contributed by atoms with E-state index in [0.29, 0.717) is 58.7 Å². The van der Waals surface area contributed by atoms with E-state index in [1.54, 1.807) is 50.4 Å². The average molecular weight is 830 g/mol. The van der Waals surface area contributed by atoms with Crippen LogP contribution in [0, 0.1) is 34.5 Å². The lowest BCUT2D eigenvalue weighted by atomic mass is 9.45. The highest BCUT2D eigenvalue weighted by molar-refractivity contribution is 7.92. The molecule has 4 aromatic rings. The van der Waals surface area contributed by atoms with Crippen molar-refractivity contribution in [3.8, 4) is 34.0 Å². The number of hydrogen-bond acceptors (Lipinski definition) is 9. The zero-order chi connectivity index (χ0) is 41.6. The van der Waals surface area contributed by atoms with E-state index in [1.165, 1.54) is 24.8 Å². The summed E-state index contributed by atoms with van der Waals surface area (Å²) in [7, 11) is -3.38. The number of hydrogen-bond donors (Lipinski definition) is 2. The molecule has 4 aliphatic rings. The lowest BCUT2D eigenvalue weighted by Crippen LogP contribution is -2.55. The highest BCUT2D eigenvalue weighted by Gasteiger charge is 2.62. The molecule has 2 heterocycles. The summed E-state index contributed by atoms with van der Waals surface area (Å²) in [5.41, 5.74) is 10.9. The van der Waals surface area contributed by atoms with E-state index < -0.39 is 21.0 Å². The van der Waals surface area contributed by atoms with Gasteiger partial charge in [0.25, 0.3) is 0 Å². The van der Waals surface area contributed by atoms with Crippen molar-refractivity contribution in [3.05, 3.63) is 66.4 Å². The van der Waals surface area contributed by atoms with Gasteiger partial charge in [-0.05, 0) is 137 Å². The number of nitrogens with one attached hydrogen (secondary N) is 1. The van der Waals surface area contributed by atoms with Gasteiger partial charge < -0.3 is 20.3 Å². The Labute approximate surface area is 348 Å². The van der Waals surface area contributed by atoms with Crippen LogP contribution in [0.3, 0.4) is 0 Å². The molecule has 0 radical (unpaired) electrons. The second-order valence-electron chi connectivity index (χ2n) is 18.8. The number of nitrogens with zero attached hydrogens (tertiary/aromatic N) is 3. The summed E-state index contributed by atoms with van der Waals surface area (Å²) in [6.07, 6.45) is 12.9. The van der Waals surface area contributed by atoms with Gasteiger partial charge in [0, 0.05) is 43.2 Å². The normalized spacial score (nSPS) is 28.9. The summed E-state index contributed by atoms with van der Waals surface area (Å²) in [5, 5.41) is 7.34. The molecule has 0 aliphatic heterocycles. The van der Waals surface area contributed by atoms with E-state index in [0.717, 1.165) is 63.8 Å². The maximum atomic E-state index is 14.3. The molecule has 0 amide bonds. The van der Waals surface area contributed by atoms with Crippen LogP contribution in [0.25, 0.3) is 34.0 Å². The van der Waals surface area contributed by atoms with Gasteiger partial charge in [0.2, 0.25) is 5.92 Å². The lowest BCUT2D eigenvalue weighted by molar-refractivity contribution is -0.169. The van der Waals surface area contributed by atoms with E-state index in [-0.39, 0.29) is 40.3 Å². The molecule has 3 N–H and O–H groups in total. The molecule has 2 aromatic carbocycles. The minimum absolute atomic E-state index is 0.0784. The predicted octanol–water partition coefficient (Wildman–Crippen LogP) is 10.6. The van der Waals surface area contributed by atoms with E-state index in [2.05, 4.69) is 46.4 Å². The van der Waals surface area contributed by atoms with Crippen LogP contribution in [0.2, 0.25) is 0 Å². The van der Waals surface area contributed by atoms with Crippen molar-refractivity contribution in [1.29, 1.82) is 0 Å². The Hall–Kier alpha value is -3.74. The maximum absolute atomic E-state index is 14.3. The average Bonchev–Trinajstić information content (AvgIpc) is 3.84. The Kier molecular flexibility index (Phi) is 11.8. The smallest absolute Gasteiger partial charge is 0.248 e. The number of alkyl halides is 2. The molecule has 4 aliphatic carbocycles. The third-order valence-corrected chi connectivity index (χ3v) is 17.3. The molecular formula is C47H61F2N5O4S. The topological polar surface area (TPSA) is 133 Å². The molecule has 0 bridgehead atoms. The first kappa shape index (κ1) is 42.0. The minimum Gasteiger partial charge on any atom is -0.382 e. The molecule has 4 saturated carbocycles. The summed E-state index contributed by atoms with van der Waals surface area (Å²) >= 11 is 0. The molecule has 8 rings (SSSR count). The fourth-order valence-electron chi connectivity index (χ4n) is 11.5. The SMILES string of the molecule is CC(C)S(=O)(=O)c1ccc(-c2cnc(N)c(-c3cc(-c4ccc(CNCCCCCO[C@H]5CC[C@H]6[C@@H]7CC[C@H]8CC(F)(F)CC[C@]8(C)[C@H]7CC[C@]56C)cc4)no3)n2)cc1. The van der Waals surface area contributed by atoms with Crippen molar-refractivity contribution in [2.45, 2.75) is 133 Å². The van der Waals surface area contributed by atoms with Crippen LogP contribution in [0.1, 0.15) is 110 Å². The van der Waals surface area contributed by atoms with Gasteiger partial charge in [0.1, 0.15) is 5.69 Å². The third kappa shape index (κ3) is 8.34. The Bertz CT molecular complexity index is 2200. The fraction of sp³-hybridized carbons (Fsp3) is 0.596. The van der Waals surface area contributed by atoms with E-state index in [1.807, 2.05) is 12.1 Å². The molecule has 0 spiro atoms. The molecule has 0 saturated heterocycles. The number of unbranched alkanes of at least 4 members (excludes halogenated alkanes) is 2. The quantitative estimate of drug-likeness (QED) is 0.119. The highest BCUT2D eigenvalue weighted by Crippen LogP contribution is 2.67. The van der Waals surface area contributed by atoms with Crippen molar-refractivity contribution < 1.29 is 26.5 Å². The van der Waals surface area contributed by atoms with Crippen molar-refractivity contribution in [3.63, 3.8) is 0 Å². The monoisotopic (exact) mass is 829 g/mol. The first-order chi connectivity index (χ1) is 28.2. The number of ether oxygens (including phenoxy) is 1. The molecule has 12 heteroatoms. The van der Waals surface area contributed by atoms with Gasteiger partial charge in [-0.3, -0.25) is 0 Å². The Morgan fingerprint density at radius 1 is 0.881 bits per heavy atom. The van der Waals surface area contributed by atoms with E-state index in [9.17, 15) is 17.2 Å². The van der Waals surface area contributed by atoms with Crippen LogP contribution >= 0.6 is 0 Å². The molecule has 4 fully saturated rings. The largest absolute Gasteiger partial charge is 0.382 e. The Morgan fingerprint density at radius 3 is 2.37 bits per heavy atom. The number of anilines is 1.